The SMILES string of the molecule is CP(CN1C=C(C23CC4CC(CC(C4)C2)C3)NC1)C(C)(C)C. The fraction of sp³-hybridized carbons (Fsp3) is 0.895. The summed E-state index contributed by atoms with van der Waals surface area (Å²) < 4.78 is 0. The molecule has 5 aliphatic rings. The fourth-order valence-electron chi connectivity index (χ4n) is 5.80. The molecule has 3 heteroatoms. The van der Waals surface area contributed by atoms with Crippen LogP contribution in [0.2, 0.25) is 0 Å². The highest BCUT2D eigenvalue weighted by atomic mass is 31.1. The van der Waals surface area contributed by atoms with Crippen LogP contribution in [0.1, 0.15) is 59.3 Å². The van der Waals surface area contributed by atoms with Crippen LogP contribution in [0, 0.1) is 23.2 Å². The van der Waals surface area contributed by atoms with E-state index in [4.69, 9.17) is 0 Å². The molecule has 1 atom stereocenters. The van der Waals surface area contributed by atoms with E-state index < -0.39 is 0 Å². The smallest absolute Gasteiger partial charge is 0.0873 e. The van der Waals surface area contributed by atoms with Gasteiger partial charge in [-0.3, -0.25) is 0 Å². The van der Waals surface area contributed by atoms with E-state index in [-0.39, 0.29) is 7.92 Å². The van der Waals surface area contributed by atoms with Gasteiger partial charge in [-0.05, 0) is 68.1 Å². The fourth-order valence-corrected chi connectivity index (χ4v) is 6.95. The Morgan fingerprint density at radius 1 is 1.14 bits per heavy atom. The molecule has 22 heavy (non-hydrogen) atoms. The molecule has 0 aromatic rings. The summed E-state index contributed by atoms with van der Waals surface area (Å²) in [7, 11) is 0.0565. The summed E-state index contributed by atoms with van der Waals surface area (Å²) in [5, 5.41) is 4.28. The first-order chi connectivity index (χ1) is 10.3. The molecule has 1 heterocycles. The molecule has 1 aliphatic heterocycles. The van der Waals surface area contributed by atoms with Crippen molar-refractivity contribution < 1.29 is 0 Å². The van der Waals surface area contributed by atoms with Crippen molar-refractivity contribution in [2.24, 2.45) is 23.2 Å². The van der Waals surface area contributed by atoms with Crippen molar-refractivity contribution in [3.8, 4) is 0 Å². The summed E-state index contributed by atoms with van der Waals surface area (Å²) in [5.74, 6) is 3.13. The number of allylic oxidation sites excluding steroid dienone is 1. The molecule has 4 aliphatic carbocycles. The van der Waals surface area contributed by atoms with Gasteiger partial charge in [0.1, 0.15) is 0 Å². The molecule has 1 unspecified atom stereocenters. The van der Waals surface area contributed by atoms with Crippen LogP contribution in [0.25, 0.3) is 0 Å². The van der Waals surface area contributed by atoms with Gasteiger partial charge in [-0.2, -0.15) is 0 Å². The number of hydrogen-bond acceptors (Lipinski definition) is 2. The van der Waals surface area contributed by atoms with E-state index in [0.717, 1.165) is 24.4 Å². The first-order valence-corrected chi connectivity index (χ1v) is 11.2. The Morgan fingerprint density at radius 3 is 2.18 bits per heavy atom. The molecular formula is C19H33N2P. The van der Waals surface area contributed by atoms with Crippen molar-refractivity contribution in [1.82, 2.24) is 10.2 Å². The second kappa shape index (κ2) is 5.13. The lowest BCUT2D eigenvalue weighted by molar-refractivity contribution is -0.0331. The van der Waals surface area contributed by atoms with E-state index >= 15 is 0 Å². The lowest BCUT2D eigenvalue weighted by atomic mass is 9.49. The summed E-state index contributed by atoms with van der Waals surface area (Å²) in [6.45, 7) is 10.7. The summed E-state index contributed by atoms with van der Waals surface area (Å²) >= 11 is 0. The first kappa shape index (κ1) is 15.3. The topological polar surface area (TPSA) is 15.3 Å². The third-order valence-electron chi connectivity index (χ3n) is 6.93. The van der Waals surface area contributed by atoms with E-state index in [1.54, 1.807) is 25.0 Å². The maximum atomic E-state index is 3.82. The Morgan fingerprint density at radius 2 is 1.68 bits per heavy atom. The predicted molar refractivity (Wildman–Crippen MR) is 96.0 cm³/mol. The highest BCUT2D eigenvalue weighted by Crippen LogP contribution is 2.62. The number of rotatable bonds is 3. The van der Waals surface area contributed by atoms with E-state index in [2.05, 4.69) is 43.9 Å². The van der Waals surface area contributed by atoms with Gasteiger partial charge in [-0.1, -0.05) is 28.7 Å². The minimum atomic E-state index is 0.0565. The second-order valence-electron chi connectivity index (χ2n) is 9.67. The molecule has 1 N–H and O–H groups in total. The van der Waals surface area contributed by atoms with Crippen LogP contribution in [-0.4, -0.2) is 29.7 Å². The molecule has 5 rings (SSSR count). The normalized spacial score (nSPS) is 41.5. The van der Waals surface area contributed by atoms with Gasteiger partial charge in [-0.25, -0.2) is 0 Å². The van der Waals surface area contributed by atoms with Gasteiger partial charge < -0.3 is 10.2 Å². The van der Waals surface area contributed by atoms with E-state index in [1.807, 2.05) is 0 Å². The van der Waals surface area contributed by atoms with Crippen molar-refractivity contribution in [2.45, 2.75) is 64.5 Å². The van der Waals surface area contributed by atoms with Crippen LogP contribution < -0.4 is 5.32 Å². The Kier molecular flexibility index (Phi) is 3.57. The Labute approximate surface area is 137 Å². The van der Waals surface area contributed by atoms with Crippen LogP contribution >= 0.6 is 7.92 Å². The molecule has 0 saturated heterocycles. The Balaban J connectivity index is 1.48. The molecule has 124 valence electrons. The molecule has 2 nitrogen and oxygen atoms in total. The van der Waals surface area contributed by atoms with Gasteiger partial charge in [-0.15, -0.1) is 0 Å². The molecule has 0 aromatic carbocycles. The summed E-state index contributed by atoms with van der Waals surface area (Å²) in [6.07, 6.45) is 12.8. The maximum Gasteiger partial charge on any atom is 0.0873 e. The molecule has 0 spiro atoms. The lowest BCUT2D eigenvalue weighted by Gasteiger charge is -2.57. The lowest BCUT2D eigenvalue weighted by Crippen LogP contribution is -2.48. The second-order valence-corrected chi connectivity index (χ2v) is 12.7. The summed E-state index contributed by atoms with van der Waals surface area (Å²) in [5.41, 5.74) is 2.16. The number of nitrogens with zero attached hydrogens (tertiary/aromatic N) is 1. The first-order valence-electron chi connectivity index (χ1n) is 9.25. The van der Waals surface area contributed by atoms with Gasteiger partial charge in [0, 0.05) is 23.6 Å². The van der Waals surface area contributed by atoms with E-state index in [0.29, 0.717) is 10.6 Å². The van der Waals surface area contributed by atoms with Crippen LogP contribution in [0.4, 0.5) is 0 Å². The van der Waals surface area contributed by atoms with Gasteiger partial charge in [0.2, 0.25) is 0 Å². The highest BCUT2D eigenvalue weighted by molar-refractivity contribution is 7.58. The third kappa shape index (κ3) is 2.60. The van der Waals surface area contributed by atoms with Gasteiger partial charge >= 0.3 is 0 Å². The standard InChI is InChI=1S/C19H33N2P/c1-18(2,3)22(4)13-21-11-17(20-12-21)19-8-14-5-15(9-19)7-16(6-14)10-19/h11,14-16,20H,5-10,12-13H2,1-4H3. The average Bonchev–Trinajstić information content (AvgIpc) is 2.85. The summed E-state index contributed by atoms with van der Waals surface area (Å²) in [6, 6.07) is 0. The minimum Gasteiger partial charge on any atom is -0.369 e. The molecule has 4 saturated carbocycles. The molecule has 0 radical (unpaired) electrons. The number of hydrogen-bond donors (Lipinski definition) is 1. The van der Waals surface area contributed by atoms with Gasteiger partial charge in [0.05, 0.1) is 6.67 Å². The van der Waals surface area contributed by atoms with Gasteiger partial charge in [0.15, 0.2) is 0 Å². The zero-order chi connectivity index (χ0) is 15.5. The molecule has 0 amide bonds. The van der Waals surface area contributed by atoms with E-state index in [9.17, 15) is 0 Å². The van der Waals surface area contributed by atoms with Crippen LogP contribution in [0.5, 0.6) is 0 Å². The quantitative estimate of drug-likeness (QED) is 0.753. The largest absolute Gasteiger partial charge is 0.369 e. The zero-order valence-corrected chi connectivity index (χ0v) is 15.8. The highest BCUT2D eigenvalue weighted by Gasteiger charge is 2.53. The van der Waals surface area contributed by atoms with Crippen molar-refractivity contribution in [2.75, 3.05) is 19.6 Å². The van der Waals surface area contributed by atoms with Crippen molar-refractivity contribution >= 4 is 7.92 Å². The molecular weight excluding hydrogens is 287 g/mol. The molecule has 4 fully saturated rings. The van der Waals surface area contributed by atoms with E-state index in [1.165, 1.54) is 25.5 Å². The monoisotopic (exact) mass is 320 g/mol. The van der Waals surface area contributed by atoms with Crippen LogP contribution in [-0.2, 0) is 0 Å². The summed E-state index contributed by atoms with van der Waals surface area (Å²) in [4.78, 5) is 2.57. The zero-order valence-electron chi connectivity index (χ0n) is 14.9. The van der Waals surface area contributed by atoms with Crippen LogP contribution in [0.3, 0.4) is 0 Å². The predicted octanol–water partition coefficient (Wildman–Crippen LogP) is 4.77. The maximum absolute atomic E-state index is 3.82. The third-order valence-corrected chi connectivity index (χ3v) is 10.0. The Hall–Kier alpha value is -0.230. The molecule has 4 bridgehead atoms. The van der Waals surface area contributed by atoms with Crippen LogP contribution in [0.15, 0.2) is 11.9 Å². The van der Waals surface area contributed by atoms with Crippen molar-refractivity contribution in [1.29, 1.82) is 0 Å². The molecule has 0 aromatic heterocycles. The minimum absolute atomic E-state index is 0.0565. The Bertz CT molecular complexity index is 441. The average molecular weight is 320 g/mol. The van der Waals surface area contributed by atoms with Crippen molar-refractivity contribution in [3.05, 3.63) is 11.9 Å². The van der Waals surface area contributed by atoms with Gasteiger partial charge in [0.25, 0.3) is 0 Å². The van der Waals surface area contributed by atoms with Crippen molar-refractivity contribution in [3.63, 3.8) is 0 Å². The number of nitrogens with one attached hydrogen (secondary N) is 1.